The van der Waals surface area contributed by atoms with Crippen LogP contribution in [0.2, 0.25) is 5.02 Å². The molecule has 0 saturated heterocycles. The zero-order valence-electron chi connectivity index (χ0n) is 21.9. The molecule has 5 nitrogen and oxygen atoms in total. The highest BCUT2D eigenvalue weighted by Crippen LogP contribution is 2.53. The van der Waals surface area contributed by atoms with Crippen LogP contribution >= 0.6 is 11.6 Å². The summed E-state index contributed by atoms with van der Waals surface area (Å²) in [6.07, 6.45) is 5.50. The first-order valence-electron chi connectivity index (χ1n) is 13.4. The molecule has 2 aliphatic rings. The summed E-state index contributed by atoms with van der Waals surface area (Å²) in [4.78, 5) is 2.34. The Bertz CT molecular complexity index is 1100. The standard InChI is InChI=1S/C29H42ClN3O2S/c1-4-33(5-2)19-7-21-36(3,34)32-18-20-35-26-13-8-23-14-17-31-28(27(23)22-26)29(15-6-16-29)24-9-11-25(30)12-10-24/h8-13,22,28,31H,3-7,14-21H2,1-2H3,(H,32,34). The van der Waals surface area contributed by atoms with E-state index in [9.17, 15) is 4.21 Å². The van der Waals surface area contributed by atoms with Gasteiger partial charge in [0.15, 0.2) is 0 Å². The van der Waals surface area contributed by atoms with Gasteiger partial charge in [-0.15, -0.1) is 0 Å². The second kappa shape index (κ2) is 12.3. The molecule has 0 bridgehead atoms. The van der Waals surface area contributed by atoms with Crippen LogP contribution in [0.4, 0.5) is 0 Å². The van der Waals surface area contributed by atoms with Crippen LogP contribution < -0.4 is 14.8 Å². The molecule has 2 N–H and O–H groups in total. The van der Waals surface area contributed by atoms with E-state index in [-0.39, 0.29) is 11.5 Å². The summed E-state index contributed by atoms with van der Waals surface area (Å²) in [5.41, 5.74) is 4.21. The molecular formula is C29H42ClN3O2S. The van der Waals surface area contributed by atoms with Gasteiger partial charge in [-0.2, -0.15) is 0 Å². The van der Waals surface area contributed by atoms with Crippen LogP contribution in [0.5, 0.6) is 5.75 Å². The Labute approximate surface area is 223 Å². The van der Waals surface area contributed by atoms with Gasteiger partial charge in [-0.25, -0.2) is 4.72 Å². The van der Waals surface area contributed by atoms with Crippen molar-refractivity contribution in [2.24, 2.45) is 0 Å². The molecule has 1 heterocycles. The van der Waals surface area contributed by atoms with Crippen molar-refractivity contribution in [3.05, 3.63) is 64.2 Å². The second-order valence-corrected chi connectivity index (χ2v) is 12.9. The highest BCUT2D eigenvalue weighted by atomic mass is 35.5. The van der Waals surface area contributed by atoms with Crippen LogP contribution in [0.1, 0.15) is 62.3 Å². The number of nitrogens with one attached hydrogen (secondary N) is 2. The van der Waals surface area contributed by atoms with Crippen molar-refractivity contribution >= 4 is 27.2 Å². The fourth-order valence-corrected chi connectivity index (χ4v) is 7.05. The number of ether oxygens (including phenoxy) is 1. The largest absolute Gasteiger partial charge is 0.492 e. The van der Waals surface area contributed by atoms with E-state index < -0.39 is 9.71 Å². The fourth-order valence-electron chi connectivity index (χ4n) is 5.73. The van der Waals surface area contributed by atoms with Gasteiger partial charge in [-0.1, -0.05) is 50.1 Å². The lowest BCUT2D eigenvalue weighted by Crippen LogP contribution is -2.49. The number of hydrogen-bond acceptors (Lipinski definition) is 4. The third-order valence-electron chi connectivity index (χ3n) is 7.97. The lowest BCUT2D eigenvalue weighted by atomic mass is 9.58. The molecule has 1 saturated carbocycles. The van der Waals surface area contributed by atoms with Crippen LogP contribution in [-0.4, -0.2) is 60.1 Å². The predicted molar refractivity (Wildman–Crippen MR) is 154 cm³/mol. The number of benzene rings is 2. The highest BCUT2D eigenvalue weighted by Gasteiger charge is 2.47. The predicted octanol–water partition coefficient (Wildman–Crippen LogP) is 4.98. The summed E-state index contributed by atoms with van der Waals surface area (Å²) in [5.74, 6) is 5.39. The molecule has 0 radical (unpaired) electrons. The minimum absolute atomic E-state index is 0.102. The van der Waals surface area contributed by atoms with Crippen molar-refractivity contribution in [2.45, 2.75) is 57.4 Å². The SMILES string of the molecule is C=S(=O)(CCCN(CC)CC)NCCOc1ccc2c(c1)C(C1(c3ccc(Cl)cc3)CCC1)NCC2. The Kier molecular flexibility index (Phi) is 9.40. The second-order valence-electron chi connectivity index (χ2n) is 10.2. The molecule has 1 aliphatic carbocycles. The quantitative estimate of drug-likeness (QED) is 0.283. The monoisotopic (exact) mass is 531 g/mol. The van der Waals surface area contributed by atoms with Gasteiger partial charge in [-0.05, 0) is 98.7 Å². The van der Waals surface area contributed by atoms with Crippen molar-refractivity contribution in [2.75, 3.05) is 45.1 Å². The Balaban J connectivity index is 1.36. The molecule has 2 aromatic carbocycles. The molecule has 198 valence electrons. The smallest absolute Gasteiger partial charge is 0.119 e. The summed E-state index contributed by atoms with van der Waals surface area (Å²) < 4.78 is 22.0. The zero-order valence-corrected chi connectivity index (χ0v) is 23.4. The van der Waals surface area contributed by atoms with Gasteiger partial charge in [0, 0.05) is 38.5 Å². The topological polar surface area (TPSA) is 53.6 Å². The van der Waals surface area contributed by atoms with Gasteiger partial charge in [0.1, 0.15) is 12.4 Å². The van der Waals surface area contributed by atoms with Crippen molar-refractivity contribution in [1.82, 2.24) is 14.9 Å². The lowest BCUT2D eigenvalue weighted by Gasteiger charge is -2.50. The van der Waals surface area contributed by atoms with E-state index in [0.717, 1.165) is 49.8 Å². The van der Waals surface area contributed by atoms with Crippen molar-refractivity contribution in [3.8, 4) is 5.75 Å². The van der Waals surface area contributed by atoms with Crippen molar-refractivity contribution in [1.29, 1.82) is 0 Å². The van der Waals surface area contributed by atoms with Gasteiger partial charge >= 0.3 is 0 Å². The van der Waals surface area contributed by atoms with Gasteiger partial charge < -0.3 is 15.0 Å². The van der Waals surface area contributed by atoms with Crippen LogP contribution in [0.15, 0.2) is 42.5 Å². The summed E-state index contributed by atoms with van der Waals surface area (Å²) in [7, 11) is -2.30. The Hall–Kier alpha value is -1.57. The van der Waals surface area contributed by atoms with Gasteiger partial charge in [0.25, 0.3) is 0 Å². The van der Waals surface area contributed by atoms with Crippen LogP contribution in [0, 0.1) is 0 Å². The fraction of sp³-hybridized carbons (Fsp3) is 0.552. The number of halogens is 1. The van der Waals surface area contributed by atoms with Crippen molar-refractivity contribution < 1.29 is 8.95 Å². The van der Waals surface area contributed by atoms with Crippen LogP contribution in [-0.2, 0) is 21.5 Å². The Morgan fingerprint density at radius 2 is 1.94 bits per heavy atom. The minimum atomic E-state index is -2.30. The normalized spacial score (nSPS) is 20.4. The third-order valence-corrected chi connectivity index (χ3v) is 9.90. The molecule has 1 aliphatic heterocycles. The van der Waals surface area contributed by atoms with Crippen LogP contribution in [0.3, 0.4) is 0 Å². The number of nitrogens with zero attached hydrogens (tertiary/aromatic N) is 1. The molecule has 0 spiro atoms. The molecule has 36 heavy (non-hydrogen) atoms. The summed E-state index contributed by atoms with van der Waals surface area (Å²) in [6, 6.07) is 15.2. The number of fused-ring (bicyclic) bond motifs is 1. The van der Waals surface area contributed by atoms with E-state index in [1.54, 1.807) is 0 Å². The maximum atomic E-state index is 12.8. The molecule has 4 rings (SSSR count). The van der Waals surface area contributed by atoms with E-state index in [4.69, 9.17) is 16.3 Å². The molecule has 0 aromatic heterocycles. The molecule has 0 amide bonds. The molecule has 7 heteroatoms. The molecular weight excluding hydrogens is 490 g/mol. The minimum Gasteiger partial charge on any atom is -0.492 e. The maximum absolute atomic E-state index is 12.8. The summed E-state index contributed by atoms with van der Waals surface area (Å²) in [6.45, 7) is 9.28. The van der Waals surface area contributed by atoms with E-state index in [2.05, 4.69) is 65.0 Å². The molecule has 2 atom stereocenters. The molecule has 1 fully saturated rings. The van der Waals surface area contributed by atoms with Gasteiger partial charge in [0.05, 0.1) is 0 Å². The summed E-state index contributed by atoms with van der Waals surface area (Å²) >= 11 is 6.19. The van der Waals surface area contributed by atoms with E-state index in [1.807, 2.05) is 12.1 Å². The number of hydrogen-bond donors (Lipinski definition) is 2. The van der Waals surface area contributed by atoms with E-state index >= 15 is 0 Å². The highest BCUT2D eigenvalue weighted by molar-refractivity contribution is 7.98. The lowest BCUT2D eigenvalue weighted by molar-refractivity contribution is 0.164. The first kappa shape index (κ1) is 27.5. The van der Waals surface area contributed by atoms with E-state index in [1.165, 1.54) is 36.0 Å². The van der Waals surface area contributed by atoms with Gasteiger partial charge in [0.2, 0.25) is 0 Å². The first-order valence-corrected chi connectivity index (χ1v) is 15.7. The van der Waals surface area contributed by atoms with Crippen molar-refractivity contribution in [3.63, 3.8) is 0 Å². The summed E-state index contributed by atoms with van der Waals surface area (Å²) in [5, 5.41) is 4.61. The van der Waals surface area contributed by atoms with Gasteiger partial charge in [-0.3, -0.25) is 4.21 Å². The third kappa shape index (κ3) is 6.46. The van der Waals surface area contributed by atoms with E-state index in [0.29, 0.717) is 18.9 Å². The van der Waals surface area contributed by atoms with Crippen LogP contribution in [0.25, 0.3) is 0 Å². The average molecular weight is 532 g/mol. The Morgan fingerprint density at radius 3 is 2.61 bits per heavy atom. The average Bonchev–Trinajstić information content (AvgIpc) is 2.85. The zero-order chi connectivity index (χ0) is 25.6. The maximum Gasteiger partial charge on any atom is 0.119 e. The molecule has 2 aromatic rings. The first-order chi connectivity index (χ1) is 17.4. The Morgan fingerprint density at radius 1 is 1.19 bits per heavy atom. The number of rotatable bonds is 13. The molecule has 2 unspecified atom stereocenters.